The molecule has 0 aromatic carbocycles. The van der Waals surface area contributed by atoms with Crippen LogP contribution in [0.2, 0.25) is 0 Å². The number of carboxylic acid groups (broad SMARTS) is 1. The normalized spacial score (nSPS) is 5.62. The van der Waals surface area contributed by atoms with Crippen LogP contribution in [0, 0.1) is 0 Å². The summed E-state index contributed by atoms with van der Waals surface area (Å²) in [5.41, 5.74) is 0. The predicted octanol–water partition coefficient (Wildman–Crippen LogP) is -2.96. The minimum Gasteiger partial charge on any atom is -1.00 e. The number of carboxylic acids is 1. The van der Waals surface area contributed by atoms with E-state index in [0.29, 0.717) is 0 Å². The number of aliphatic carboxylic acids is 1. The average molecular weight is 142 g/mol. The lowest BCUT2D eigenvalue weighted by Gasteiger charge is -1.73. The van der Waals surface area contributed by atoms with Crippen LogP contribution >= 0.6 is 0 Å². The van der Waals surface area contributed by atoms with Gasteiger partial charge in [0, 0.05) is 6.92 Å². The van der Waals surface area contributed by atoms with Gasteiger partial charge in [-0.3, -0.25) is 4.79 Å². The average Bonchev–Trinajstić information content (AvgIpc) is 1.36. The monoisotopic (exact) mass is 141 g/mol. The number of ketones is 1. The topological polar surface area (TPSA) is 90.9 Å². The molecule has 50 valence electrons. The van der Waals surface area contributed by atoms with Gasteiger partial charge in [-0.05, 0) is 0 Å². The van der Waals surface area contributed by atoms with Crippen LogP contribution < -0.4 is 18.6 Å². The van der Waals surface area contributed by atoms with Gasteiger partial charge in [0.15, 0.2) is 0 Å². The van der Waals surface area contributed by atoms with Crippen LogP contribution in [0.4, 0.5) is 0 Å². The molecule has 0 aliphatic carbocycles. The fourth-order valence-electron chi connectivity index (χ4n) is 0. The van der Waals surface area contributed by atoms with Crippen molar-refractivity contribution in [1.29, 1.82) is 0 Å². The lowest BCUT2D eigenvalue weighted by molar-refractivity contribution is -0.148. The van der Waals surface area contributed by atoms with E-state index in [1.165, 1.54) is 0 Å². The summed E-state index contributed by atoms with van der Waals surface area (Å²) < 4.78 is 0. The van der Waals surface area contributed by atoms with Gasteiger partial charge in [-0.1, -0.05) is 0 Å². The Morgan fingerprint density at radius 2 is 1.50 bits per heavy atom. The Bertz CT molecular complexity index is 80.5. The van der Waals surface area contributed by atoms with E-state index in [2.05, 4.69) is 0 Å². The zero-order valence-corrected chi connectivity index (χ0v) is 5.40. The molecule has 0 saturated carbocycles. The molecule has 0 aliphatic heterocycles. The highest BCUT2D eigenvalue weighted by molar-refractivity contribution is 6.31. The highest BCUT2D eigenvalue weighted by Crippen LogP contribution is 1.61. The Morgan fingerprint density at radius 1 is 1.38 bits per heavy atom. The number of Topliss-reactive ketones (excluding diaryl/α,β-unsaturated/α-hetero) is 1. The first-order valence-electron chi connectivity index (χ1n) is 1.38. The molecule has 0 aromatic rings. The molecule has 0 fully saturated rings. The Balaban J connectivity index is -0.000000125. The Kier molecular flexibility index (Phi) is 12.5. The fourth-order valence-corrected chi connectivity index (χ4v) is 0. The van der Waals surface area contributed by atoms with Gasteiger partial charge < -0.3 is 23.7 Å². The van der Waals surface area contributed by atoms with Gasteiger partial charge >= 0.3 is 5.97 Å². The second-order valence-corrected chi connectivity index (χ2v) is 0.861. The molecule has 0 heterocycles. The van der Waals surface area contributed by atoms with E-state index in [4.69, 9.17) is 5.11 Å². The molecule has 0 aromatic heterocycles. The minimum atomic E-state index is -1.38. The molecule has 5 heteroatoms. The van der Waals surface area contributed by atoms with Crippen LogP contribution in [0.15, 0.2) is 0 Å². The van der Waals surface area contributed by atoms with Gasteiger partial charge in [-0.2, -0.15) is 0 Å². The SMILES string of the molecule is CC(=O)C(=O)O.[Cl-].[NH4+]. The molecule has 0 bridgehead atoms. The molecule has 0 radical (unpaired) electrons. The lowest BCUT2D eigenvalue weighted by Crippen LogP contribution is -3.00. The molecule has 0 saturated heterocycles. The Morgan fingerprint density at radius 3 is 1.50 bits per heavy atom. The van der Waals surface area contributed by atoms with Crippen LogP contribution in [0.1, 0.15) is 6.92 Å². The van der Waals surface area contributed by atoms with Crippen molar-refractivity contribution in [2.75, 3.05) is 0 Å². The summed E-state index contributed by atoms with van der Waals surface area (Å²) in [7, 11) is 0. The van der Waals surface area contributed by atoms with Gasteiger partial charge in [-0.25, -0.2) is 4.79 Å². The molecule has 4 nitrogen and oxygen atoms in total. The number of carbonyl (C=O) groups is 2. The van der Waals surface area contributed by atoms with Crippen molar-refractivity contribution in [1.82, 2.24) is 6.15 Å². The number of quaternary nitrogens is 1. The van der Waals surface area contributed by atoms with Crippen LogP contribution in [0.3, 0.4) is 0 Å². The van der Waals surface area contributed by atoms with E-state index in [0.717, 1.165) is 6.92 Å². The summed E-state index contributed by atoms with van der Waals surface area (Å²) in [6, 6.07) is 0. The molecule has 0 rings (SSSR count). The summed E-state index contributed by atoms with van der Waals surface area (Å²) in [6.45, 7) is 1.00. The zero-order chi connectivity index (χ0) is 5.15. The van der Waals surface area contributed by atoms with Crippen molar-refractivity contribution in [3.63, 3.8) is 0 Å². The number of carbonyl (C=O) groups excluding carboxylic acids is 1. The largest absolute Gasteiger partial charge is 1.00 e. The number of halogens is 1. The summed E-state index contributed by atoms with van der Waals surface area (Å²) in [4.78, 5) is 18.9. The van der Waals surface area contributed by atoms with Crippen LogP contribution in [-0.4, -0.2) is 16.9 Å². The zero-order valence-electron chi connectivity index (χ0n) is 4.64. The second kappa shape index (κ2) is 6.39. The summed E-state index contributed by atoms with van der Waals surface area (Å²) in [5.74, 6) is -2.20. The van der Waals surface area contributed by atoms with Crippen molar-refractivity contribution < 1.29 is 27.1 Å². The van der Waals surface area contributed by atoms with Gasteiger partial charge in [0.05, 0.1) is 0 Å². The van der Waals surface area contributed by atoms with E-state index in [1.807, 2.05) is 0 Å². The molecular formula is C3H8ClNO3. The molecule has 5 N–H and O–H groups in total. The maximum atomic E-state index is 9.54. The summed E-state index contributed by atoms with van der Waals surface area (Å²) in [5, 5.41) is 7.64. The predicted molar refractivity (Wildman–Crippen MR) is 24.3 cm³/mol. The first-order chi connectivity index (χ1) is 2.64. The van der Waals surface area contributed by atoms with Crippen LogP contribution in [0.25, 0.3) is 0 Å². The van der Waals surface area contributed by atoms with Crippen LogP contribution in [0.5, 0.6) is 0 Å². The van der Waals surface area contributed by atoms with Gasteiger partial charge in [0.1, 0.15) is 0 Å². The maximum Gasteiger partial charge on any atom is 0.371 e. The van der Waals surface area contributed by atoms with Gasteiger partial charge in [-0.15, -0.1) is 0 Å². The van der Waals surface area contributed by atoms with Gasteiger partial charge in [0.2, 0.25) is 5.78 Å². The van der Waals surface area contributed by atoms with Crippen LogP contribution in [-0.2, 0) is 9.59 Å². The van der Waals surface area contributed by atoms with Crippen molar-refractivity contribution in [3.05, 3.63) is 0 Å². The quantitative estimate of drug-likeness (QED) is 0.383. The van der Waals surface area contributed by atoms with Crippen molar-refractivity contribution in [2.24, 2.45) is 0 Å². The van der Waals surface area contributed by atoms with E-state index in [1.54, 1.807) is 0 Å². The summed E-state index contributed by atoms with van der Waals surface area (Å²) in [6.07, 6.45) is 0. The third-order valence-corrected chi connectivity index (χ3v) is 0.301. The van der Waals surface area contributed by atoms with E-state index in [9.17, 15) is 9.59 Å². The third-order valence-electron chi connectivity index (χ3n) is 0.301. The van der Waals surface area contributed by atoms with Crippen molar-refractivity contribution in [3.8, 4) is 0 Å². The molecule has 8 heavy (non-hydrogen) atoms. The first-order valence-corrected chi connectivity index (χ1v) is 1.38. The number of hydrogen-bond acceptors (Lipinski definition) is 2. The molecular weight excluding hydrogens is 133 g/mol. The number of hydrogen-bond donors (Lipinski definition) is 2. The fraction of sp³-hybridized carbons (Fsp3) is 0.333. The third kappa shape index (κ3) is 9.04. The minimum absolute atomic E-state index is 0. The Labute approximate surface area is 52.9 Å². The molecule has 0 atom stereocenters. The maximum absolute atomic E-state index is 9.54. The van der Waals surface area contributed by atoms with Crippen molar-refractivity contribution in [2.45, 2.75) is 6.92 Å². The Hall–Kier alpha value is -0.610. The standard InChI is InChI=1S/C3H4O3.ClH.H3N/c1-2(4)3(5)6;;/h1H3,(H,5,6);1H;1H3. The van der Waals surface area contributed by atoms with E-state index in [-0.39, 0.29) is 18.6 Å². The highest BCUT2D eigenvalue weighted by atomic mass is 35.5. The molecule has 0 unspecified atom stereocenters. The summed E-state index contributed by atoms with van der Waals surface area (Å²) >= 11 is 0. The first kappa shape index (κ1) is 15.7. The van der Waals surface area contributed by atoms with Gasteiger partial charge in [0.25, 0.3) is 0 Å². The van der Waals surface area contributed by atoms with E-state index < -0.39 is 11.8 Å². The molecule has 0 amide bonds. The highest BCUT2D eigenvalue weighted by Gasteiger charge is 1.98. The molecule has 0 spiro atoms. The lowest BCUT2D eigenvalue weighted by atomic mass is 10.5. The smallest absolute Gasteiger partial charge is 0.371 e. The number of rotatable bonds is 1. The second-order valence-electron chi connectivity index (χ2n) is 0.861. The van der Waals surface area contributed by atoms with E-state index >= 15 is 0 Å². The molecule has 0 aliphatic rings. The van der Waals surface area contributed by atoms with Crippen molar-refractivity contribution >= 4 is 11.8 Å².